The molecule has 5 nitrogen and oxygen atoms in total. The van der Waals surface area contributed by atoms with E-state index in [0.29, 0.717) is 5.69 Å². The van der Waals surface area contributed by atoms with Crippen molar-refractivity contribution >= 4 is 5.97 Å². The van der Waals surface area contributed by atoms with Gasteiger partial charge in [-0.1, -0.05) is 0 Å². The average Bonchev–Trinajstić information content (AvgIpc) is 2.95. The fourth-order valence-corrected chi connectivity index (χ4v) is 2.31. The van der Waals surface area contributed by atoms with Gasteiger partial charge in [-0.15, -0.1) is 0 Å². The predicted octanol–water partition coefficient (Wildman–Crippen LogP) is 1.65. The second kappa shape index (κ2) is 4.42. The van der Waals surface area contributed by atoms with Gasteiger partial charge in [0.1, 0.15) is 5.75 Å². The Labute approximate surface area is 110 Å². The summed E-state index contributed by atoms with van der Waals surface area (Å²) in [6.45, 7) is 0.727. The fourth-order valence-electron chi connectivity index (χ4n) is 2.31. The summed E-state index contributed by atoms with van der Waals surface area (Å²) >= 11 is 0. The second-order valence-electron chi connectivity index (χ2n) is 4.64. The molecular weight excluding hydrogens is 244 g/mol. The molecule has 3 rings (SSSR count). The average molecular weight is 258 g/mol. The van der Waals surface area contributed by atoms with Gasteiger partial charge in [0.15, 0.2) is 0 Å². The Balaban J connectivity index is 1.96. The van der Waals surface area contributed by atoms with Crippen LogP contribution in [0.25, 0.3) is 11.3 Å². The number of fused-ring (bicyclic) bond motifs is 1. The molecule has 5 heteroatoms. The van der Waals surface area contributed by atoms with Crippen LogP contribution in [0.4, 0.5) is 0 Å². The van der Waals surface area contributed by atoms with Crippen LogP contribution in [-0.4, -0.2) is 27.5 Å². The van der Waals surface area contributed by atoms with Crippen LogP contribution in [-0.2, 0) is 24.7 Å². The first-order valence-corrected chi connectivity index (χ1v) is 6.14. The van der Waals surface area contributed by atoms with Crippen LogP contribution >= 0.6 is 0 Å². The van der Waals surface area contributed by atoms with Gasteiger partial charge < -0.3 is 9.84 Å². The molecule has 1 N–H and O–H groups in total. The van der Waals surface area contributed by atoms with Gasteiger partial charge in [-0.3, -0.25) is 9.48 Å². The molecule has 1 aliphatic heterocycles. The van der Waals surface area contributed by atoms with Crippen LogP contribution in [0.5, 0.6) is 5.75 Å². The molecule has 0 fully saturated rings. The predicted molar refractivity (Wildman–Crippen MR) is 69.2 cm³/mol. The van der Waals surface area contributed by atoms with Crippen molar-refractivity contribution in [3.05, 3.63) is 35.5 Å². The number of carboxylic acid groups (broad SMARTS) is 1. The van der Waals surface area contributed by atoms with Crippen molar-refractivity contribution in [2.45, 2.75) is 12.8 Å². The summed E-state index contributed by atoms with van der Waals surface area (Å²) in [4.78, 5) is 10.8. The number of ether oxygens (including phenoxy) is 1. The smallest absolute Gasteiger partial charge is 0.309 e. The van der Waals surface area contributed by atoms with E-state index in [0.717, 1.165) is 30.0 Å². The third-order valence-corrected chi connectivity index (χ3v) is 3.29. The lowest BCUT2D eigenvalue weighted by molar-refractivity contribution is -0.136. The Morgan fingerprint density at radius 1 is 1.47 bits per heavy atom. The summed E-state index contributed by atoms with van der Waals surface area (Å²) in [5.41, 5.74) is 3.67. The third-order valence-electron chi connectivity index (χ3n) is 3.29. The van der Waals surface area contributed by atoms with E-state index in [4.69, 9.17) is 9.84 Å². The number of aryl methyl sites for hydroxylation is 1. The summed E-state index contributed by atoms with van der Waals surface area (Å²) in [6, 6.07) is 7.79. The van der Waals surface area contributed by atoms with Crippen molar-refractivity contribution in [3.8, 4) is 17.0 Å². The molecule has 0 atom stereocenters. The van der Waals surface area contributed by atoms with E-state index in [-0.39, 0.29) is 6.42 Å². The van der Waals surface area contributed by atoms with Gasteiger partial charge in [-0.2, -0.15) is 5.10 Å². The zero-order valence-electron chi connectivity index (χ0n) is 10.6. The standard InChI is InChI=1S/C14H14N2O3/c1-16-11(8-14(17)18)7-12(15-16)9-2-3-13-10(6-9)4-5-19-13/h2-3,6-7H,4-5,8H2,1H3,(H,17,18). The Bertz CT molecular complexity index is 646. The lowest BCUT2D eigenvalue weighted by Gasteiger charge is -2.01. The molecule has 0 amide bonds. The number of benzene rings is 1. The first kappa shape index (κ1) is 11.8. The molecule has 98 valence electrons. The Hall–Kier alpha value is -2.30. The zero-order chi connectivity index (χ0) is 13.4. The number of hydrogen-bond acceptors (Lipinski definition) is 3. The van der Waals surface area contributed by atoms with Gasteiger partial charge in [0.25, 0.3) is 0 Å². The minimum absolute atomic E-state index is 0.0163. The molecule has 2 heterocycles. The van der Waals surface area contributed by atoms with E-state index in [9.17, 15) is 4.79 Å². The summed E-state index contributed by atoms with van der Waals surface area (Å²) in [7, 11) is 1.76. The number of aliphatic carboxylic acids is 1. The highest BCUT2D eigenvalue weighted by atomic mass is 16.5. The fraction of sp³-hybridized carbons (Fsp3) is 0.286. The first-order valence-electron chi connectivity index (χ1n) is 6.14. The number of carboxylic acids is 1. The molecule has 1 aromatic heterocycles. The third kappa shape index (κ3) is 2.19. The van der Waals surface area contributed by atoms with Crippen molar-refractivity contribution in [2.24, 2.45) is 7.05 Å². The van der Waals surface area contributed by atoms with Crippen LogP contribution < -0.4 is 4.74 Å². The van der Waals surface area contributed by atoms with Crippen molar-refractivity contribution in [1.29, 1.82) is 0 Å². The summed E-state index contributed by atoms with van der Waals surface area (Å²) in [5.74, 6) is 0.0855. The topological polar surface area (TPSA) is 64.4 Å². The molecule has 0 saturated carbocycles. The van der Waals surface area contributed by atoms with Gasteiger partial charge in [0, 0.05) is 24.7 Å². The molecular formula is C14H14N2O3. The normalized spacial score (nSPS) is 13.1. The second-order valence-corrected chi connectivity index (χ2v) is 4.64. The maximum atomic E-state index is 10.8. The van der Waals surface area contributed by atoms with E-state index < -0.39 is 5.97 Å². The number of nitrogens with zero attached hydrogens (tertiary/aromatic N) is 2. The number of carbonyl (C=O) groups is 1. The maximum Gasteiger partial charge on any atom is 0.309 e. The highest BCUT2D eigenvalue weighted by Gasteiger charge is 2.15. The van der Waals surface area contributed by atoms with Crippen LogP contribution in [0, 0.1) is 0 Å². The minimum Gasteiger partial charge on any atom is -0.493 e. The first-order chi connectivity index (χ1) is 9.13. The Morgan fingerprint density at radius 3 is 3.11 bits per heavy atom. The Kier molecular flexibility index (Phi) is 2.74. The van der Waals surface area contributed by atoms with Gasteiger partial charge in [0.2, 0.25) is 0 Å². The minimum atomic E-state index is -0.850. The largest absolute Gasteiger partial charge is 0.493 e. The maximum absolute atomic E-state index is 10.8. The van der Waals surface area contributed by atoms with Crippen LogP contribution in [0.15, 0.2) is 24.3 Å². The van der Waals surface area contributed by atoms with E-state index in [1.807, 2.05) is 18.2 Å². The number of rotatable bonds is 3. The molecule has 0 aliphatic carbocycles. The lowest BCUT2D eigenvalue weighted by atomic mass is 10.1. The van der Waals surface area contributed by atoms with E-state index in [1.165, 1.54) is 5.56 Å². The Morgan fingerprint density at radius 2 is 2.32 bits per heavy atom. The molecule has 19 heavy (non-hydrogen) atoms. The van der Waals surface area contributed by atoms with Crippen molar-refractivity contribution in [1.82, 2.24) is 9.78 Å². The molecule has 0 unspecified atom stereocenters. The monoisotopic (exact) mass is 258 g/mol. The number of hydrogen-bond donors (Lipinski definition) is 1. The molecule has 0 bridgehead atoms. The van der Waals surface area contributed by atoms with Crippen molar-refractivity contribution < 1.29 is 14.6 Å². The SMILES string of the molecule is Cn1nc(-c2ccc3c(c2)CCO3)cc1CC(=O)O. The van der Waals surface area contributed by atoms with Gasteiger partial charge in [0.05, 0.1) is 18.7 Å². The summed E-state index contributed by atoms with van der Waals surface area (Å²) in [5, 5.41) is 13.2. The van der Waals surface area contributed by atoms with Crippen molar-refractivity contribution in [2.75, 3.05) is 6.61 Å². The number of aromatic nitrogens is 2. The van der Waals surface area contributed by atoms with Gasteiger partial charge in [-0.25, -0.2) is 0 Å². The summed E-state index contributed by atoms with van der Waals surface area (Å²) in [6.07, 6.45) is 0.898. The van der Waals surface area contributed by atoms with Crippen LogP contribution in [0.1, 0.15) is 11.3 Å². The molecule has 1 aliphatic rings. The van der Waals surface area contributed by atoms with Crippen LogP contribution in [0.3, 0.4) is 0 Å². The van der Waals surface area contributed by atoms with Crippen LogP contribution in [0.2, 0.25) is 0 Å². The van der Waals surface area contributed by atoms with E-state index in [2.05, 4.69) is 11.2 Å². The van der Waals surface area contributed by atoms with Gasteiger partial charge >= 0.3 is 5.97 Å². The highest BCUT2D eigenvalue weighted by molar-refractivity contribution is 5.71. The van der Waals surface area contributed by atoms with Gasteiger partial charge in [-0.05, 0) is 29.8 Å². The molecule has 1 aromatic carbocycles. The summed E-state index contributed by atoms with van der Waals surface area (Å²) < 4.78 is 7.09. The highest BCUT2D eigenvalue weighted by Crippen LogP contribution is 2.30. The molecule has 0 radical (unpaired) electrons. The van der Waals surface area contributed by atoms with Crippen molar-refractivity contribution in [3.63, 3.8) is 0 Å². The van der Waals surface area contributed by atoms with E-state index in [1.54, 1.807) is 11.7 Å². The van der Waals surface area contributed by atoms with E-state index >= 15 is 0 Å². The lowest BCUT2D eigenvalue weighted by Crippen LogP contribution is -2.05. The quantitative estimate of drug-likeness (QED) is 0.909. The molecule has 0 spiro atoms. The molecule has 2 aromatic rings. The zero-order valence-corrected chi connectivity index (χ0v) is 10.6. The molecule has 0 saturated heterocycles.